The summed E-state index contributed by atoms with van der Waals surface area (Å²) in [5.41, 5.74) is 3.36. The zero-order chi connectivity index (χ0) is 31.4. The number of hydrogen-bond acceptors (Lipinski definition) is 3. The molecular formula is C38H63O3P. The van der Waals surface area contributed by atoms with Crippen LogP contribution in [0.2, 0.25) is 0 Å². The molecule has 0 radical (unpaired) electrons. The molecule has 2 aromatic rings. The molecule has 0 aliphatic carbocycles. The lowest BCUT2D eigenvalue weighted by Gasteiger charge is -2.33. The van der Waals surface area contributed by atoms with Gasteiger partial charge in [-0.15, -0.1) is 0 Å². The average Bonchev–Trinajstić information content (AvgIpc) is 2.85. The third kappa shape index (κ3) is 14.3. The van der Waals surface area contributed by atoms with E-state index in [2.05, 4.69) is 125 Å². The molecule has 0 fully saturated rings. The molecule has 0 aliphatic heterocycles. The van der Waals surface area contributed by atoms with E-state index < -0.39 is 8.60 Å². The Bertz CT molecular complexity index is 937. The molecule has 0 saturated carbocycles. The fourth-order valence-electron chi connectivity index (χ4n) is 6.41. The minimum atomic E-state index is -1.57. The Labute approximate surface area is 261 Å². The second-order valence-corrected chi connectivity index (χ2v) is 17.1. The molecule has 0 aromatic heterocycles. The van der Waals surface area contributed by atoms with E-state index in [-0.39, 0.29) is 21.7 Å². The van der Waals surface area contributed by atoms with Gasteiger partial charge in [0, 0.05) is 0 Å². The molecule has 0 atom stereocenters. The van der Waals surface area contributed by atoms with E-state index in [4.69, 9.17) is 13.6 Å². The van der Waals surface area contributed by atoms with E-state index in [0.717, 1.165) is 30.8 Å². The van der Waals surface area contributed by atoms with Crippen LogP contribution in [0, 0.1) is 10.8 Å². The number of benzene rings is 2. The second kappa shape index (κ2) is 16.5. The molecule has 0 heterocycles. The Balaban J connectivity index is 2.07. The maximum Gasteiger partial charge on any atom is 0.463 e. The van der Waals surface area contributed by atoms with Gasteiger partial charge in [0.2, 0.25) is 0 Å². The minimum absolute atomic E-state index is 0.0908. The Morgan fingerprint density at radius 1 is 0.500 bits per heavy atom. The van der Waals surface area contributed by atoms with Crippen molar-refractivity contribution in [1.29, 1.82) is 0 Å². The number of unbranched alkanes of at least 4 members (excludes halogenated alkanes) is 7. The van der Waals surface area contributed by atoms with Crippen LogP contribution in [0.5, 0.6) is 11.5 Å². The lowest BCUT2D eigenvalue weighted by atomic mass is 9.72. The summed E-state index contributed by atoms with van der Waals surface area (Å²) in [4.78, 5) is 0. The Morgan fingerprint density at radius 3 is 1.21 bits per heavy atom. The van der Waals surface area contributed by atoms with Crippen molar-refractivity contribution >= 4 is 8.60 Å². The topological polar surface area (TPSA) is 27.7 Å². The highest BCUT2D eigenvalue weighted by atomic mass is 31.2. The highest BCUT2D eigenvalue weighted by Crippen LogP contribution is 2.44. The summed E-state index contributed by atoms with van der Waals surface area (Å²) in [7, 11) is -1.57. The van der Waals surface area contributed by atoms with Crippen LogP contribution in [0.1, 0.15) is 151 Å². The van der Waals surface area contributed by atoms with E-state index in [1.54, 1.807) is 0 Å². The standard InChI is InChI=1S/C38H63O3P/c1-12-13-14-15-16-17-18-19-28-39-42(40-33-24-20-31(21-25-33)37(8,9)29-35(2,3)4)41-34-26-22-32(23-27-34)38(10,11)30-36(5,6)7/h20-27H,12-19,28-30H2,1-11H3. The third-order valence-electron chi connectivity index (χ3n) is 7.77. The summed E-state index contributed by atoms with van der Waals surface area (Å²) in [5.74, 6) is 1.57. The first-order chi connectivity index (χ1) is 19.5. The fourth-order valence-corrected chi connectivity index (χ4v) is 7.42. The van der Waals surface area contributed by atoms with E-state index in [1.807, 2.05) is 0 Å². The zero-order valence-electron chi connectivity index (χ0n) is 29.1. The van der Waals surface area contributed by atoms with E-state index in [9.17, 15) is 0 Å². The smallest absolute Gasteiger partial charge is 0.418 e. The average molecular weight is 599 g/mol. The number of rotatable bonds is 18. The van der Waals surface area contributed by atoms with Crippen molar-refractivity contribution in [2.75, 3.05) is 6.61 Å². The third-order valence-corrected chi connectivity index (χ3v) is 8.88. The molecule has 42 heavy (non-hydrogen) atoms. The summed E-state index contributed by atoms with van der Waals surface area (Å²) in [6.07, 6.45) is 12.4. The van der Waals surface area contributed by atoms with E-state index >= 15 is 0 Å². The van der Waals surface area contributed by atoms with Crippen LogP contribution in [0.3, 0.4) is 0 Å². The van der Waals surface area contributed by atoms with Gasteiger partial charge >= 0.3 is 8.60 Å². The molecule has 0 spiro atoms. The molecule has 0 aliphatic rings. The van der Waals surface area contributed by atoms with Crippen LogP contribution >= 0.6 is 8.60 Å². The Kier molecular flexibility index (Phi) is 14.4. The molecule has 0 amide bonds. The first-order valence-electron chi connectivity index (χ1n) is 16.5. The van der Waals surface area contributed by atoms with Crippen molar-refractivity contribution in [3.63, 3.8) is 0 Å². The van der Waals surface area contributed by atoms with Crippen molar-refractivity contribution in [3.8, 4) is 11.5 Å². The molecule has 0 bridgehead atoms. The van der Waals surface area contributed by atoms with Gasteiger partial charge in [0.05, 0.1) is 6.61 Å². The molecule has 2 rings (SSSR count). The normalized spacial score (nSPS) is 13.0. The van der Waals surface area contributed by atoms with Gasteiger partial charge < -0.3 is 9.05 Å². The summed E-state index contributed by atoms with van der Waals surface area (Å²) in [6, 6.07) is 17.0. The largest absolute Gasteiger partial charge is 0.463 e. The van der Waals surface area contributed by atoms with Gasteiger partial charge in [-0.05, 0) is 76.3 Å². The van der Waals surface area contributed by atoms with E-state index in [0.29, 0.717) is 6.61 Å². The fraction of sp³-hybridized carbons (Fsp3) is 0.684. The molecular weight excluding hydrogens is 535 g/mol. The van der Waals surface area contributed by atoms with Crippen molar-refractivity contribution in [2.24, 2.45) is 10.8 Å². The van der Waals surface area contributed by atoms with Gasteiger partial charge in [0.25, 0.3) is 0 Å². The Morgan fingerprint density at radius 2 is 0.857 bits per heavy atom. The monoisotopic (exact) mass is 598 g/mol. The molecule has 2 aromatic carbocycles. The molecule has 0 unspecified atom stereocenters. The van der Waals surface area contributed by atoms with Crippen molar-refractivity contribution in [2.45, 2.75) is 151 Å². The summed E-state index contributed by atoms with van der Waals surface area (Å²) < 4.78 is 18.9. The predicted molar refractivity (Wildman–Crippen MR) is 184 cm³/mol. The van der Waals surface area contributed by atoms with Crippen molar-refractivity contribution in [1.82, 2.24) is 0 Å². The highest BCUT2D eigenvalue weighted by Gasteiger charge is 2.29. The molecule has 0 saturated heterocycles. The SMILES string of the molecule is CCCCCCCCCCOP(Oc1ccc(C(C)(C)CC(C)(C)C)cc1)Oc1ccc(C(C)(C)CC(C)(C)C)cc1. The van der Waals surface area contributed by atoms with Gasteiger partial charge in [0.1, 0.15) is 11.5 Å². The molecule has 0 N–H and O–H groups in total. The van der Waals surface area contributed by atoms with Crippen LogP contribution < -0.4 is 9.05 Å². The van der Waals surface area contributed by atoms with Gasteiger partial charge in [-0.25, -0.2) is 0 Å². The van der Waals surface area contributed by atoms with Gasteiger partial charge in [-0.1, -0.05) is 145 Å². The van der Waals surface area contributed by atoms with Gasteiger partial charge in [0.15, 0.2) is 0 Å². The minimum Gasteiger partial charge on any atom is -0.418 e. The maximum absolute atomic E-state index is 6.34. The van der Waals surface area contributed by atoms with Gasteiger partial charge in [-0.2, -0.15) is 0 Å². The molecule has 238 valence electrons. The summed E-state index contributed by atoms with van der Waals surface area (Å²) >= 11 is 0. The van der Waals surface area contributed by atoms with Crippen molar-refractivity contribution in [3.05, 3.63) is 59.7 Å². The summed E-state index contributed by atoms with van der Waals surface area (Å²) in [5, 5.41) is 0. The predicted octanol–water partition coefficient (Wildman–Crippen LogP) is 13.0. The summed E-state index contributed by atoms with van der Waals surface area (Å²) in [6.45, 7) is 26.0. The quantitative estimate of drug-likeness (QED) is 0.126. The zero-order valence-corrected chi connectivity index (χ0v) is 30.0. The first kappa shape index (κ1) is 36.6. The van der Waals surface area contributed by atoms with E-state index in [1.165, 1.54) is 56.1 Å². The molecule has 4 heteroatoms. The van der Waals surface area contributed by atoms with Crippen LogP contribution in [-0.4, -0.2) is 6.61 Å². The van der Waals surface area contributed by atoms with Gasteiger partial charge in [-0.3, -0.25) is 4.52 Å². The van der Waals surface area contributed by atoms with Crippen molar-refractivity contribution < 1.29 is 13.6 Å². The lowest BCUT2D eigenvalue weighted by molar-refractivity contribution is 0.258. The number of hydrogen-bond donors (Lipinski definition) is 0. The first-order valence-corrected chi connectivity index (χ1v) is 17.6. The molecule has 3 nitrogen and oxygen atoms in total. The van der Waals surface area contributed by atoms with Crippen LogP contribution in [0.15, 0.2) is 48.5 Å². The van der Waals surface area contributed by atoms with Crippen LogP contribution in [-0.2, 0) is 15.4 Å². The lowest BCUT2D eigenvalue weighted by Crippen LogP contribution is -2.24. The van der Waals surface area contributed by atoms with Crippen LogP contribution in [0.4, 0.5) is 0 Å². The maximum atomic E-state index is 6.34. The van der Waals surface area contributed by atoms with Crippen LogP contribution in [0.25, 0.3) is 0 Å². The second-order valence-electron chi connectivity index (χ2n) is 16.0. The highest BCUT2D eigenvalue weighted by molar-refractivity contribution is 7.42. The Hall–Kier alpha value is -1.57.